The van der Waals surface area contributed by atoms with E-state index in [2.05, 4.69) is 78.6 Å². The van der Waals surface area contributed by atoms with Crippen LogP contribution < -0.4 is 4.74 Å². The second kappa shape index (κ2) is 7.25. The van der Waals surface area contributed by atoms with Crippen LogP contribution in [-0.4, -0.2) is 19.6 Å². The second-order valence-corrected chi connectivity index (χ2v) is 8.63. The van der Waals surface area contributed by atoms with Crippen LogP contribution in [0.15, 0.2) is 97.3 Å². The molecule has 0 saturated heterocycles. The monoisotopic (exact) mass is 440 g/mol. The lowest BCUT2D eigenvalue weighted by Gasteiger charge is -2.29. The number of rotatable bonds is 2. The maximum Gasteiger partial charge on any atom is 0.228 e. The van der Waals surface area contributed by atoms with Crippen molar-refractivity contribution in [3.8, 4) is 23.0 Å². The van der Waals surface area contributed by atoms with Gasteiger partial charge >= 0.3 is 0 Å². The molecule has 0 aliphatic carbocycles. The first-order valence-electron chi connectivity index (χ1n) is 11.3. The first kappa shape index (κ1) is 19.0. The Morgan fingerprint density at radius 1 is 0.794 bits per heavy atom. The largest absolute Gasteiger partial charge is 0.438 e. The zero-order valence-electron chi connectivity index (χ0n) is 18.5. The second-order valence-electron chi connectivity index (χ2n) is 8.63. The summed E-state index contributed by atoms with van der Waals surface area (Å²) < 4.78 is 8.17. The van der Waals surface area contributed by atoms with Gasteiger partial charge in [-0.15, -0.1) is 5.10 Å². The van der Waals surface area contributed by atoms with Gasteiger partial charge in [-0.3, -0.25) is 0 Å². The zero-order chi connectivity index (χ0) is 22.6. The lowest BCUT2D eigenvalue weighted by molar-refractivity contribution is 0.433. The smallest absolute Gasteiger partial charge is 0.228 e. The maximum atomic E-state index is 6.39. The molecule has 0 bridgehead atoms. The summed E-state index contributed by atoms with van der Waals surface area (Å²) in [5, 5.41) is 7.13. The van der Waals surface area contributed by atoms with Crippen LogP contribution in [0.4, 0.5) is 0 Å². The number of hydrogen-bond donors (Lipinski definition) is 0. The number of ether oxygens (including phenoxy) is 1. The Morgan fingerprint density at radius 3 is 2.47 bits per heavy atom. The van der Waals surface area contributed by atoms with Crippen molar-refractivity contribution in [2.75, 3.05) is 0 Å². The zero-order valence-corrected chi connectivity index (χ0v) is 18.5. The molecule has 1 unspecified atom stereocenters. The third-order valence-corrected chi connectivity index (χ3v) is 6.62. The molecule has 3 heterocycles. The number of fused-ring (bicyclic) bond motifs is 6. The molecule has 162 valence electrons. The molecule has 0 radical (unpaired) electrons. The predicted octanol–water partition coefficient (Wildman–Crippen LogP) is 6.54. The topological polar surface area (TPSA) is 52.3 Å². The summed E-state index contributed by atoms with van der Waals surface area (Å²) >= 11 is 0. The summed E-state index contributed by atoms with van der Waals surface area (Å²) in [7, 11) is 0. The Balaban J connectivity index is 1.55. The molecule has 34 heavy (non-hydrogen) atoms. The van der Waals surface area contributed by atoms with E-state index >= 15 is 0 Å². The summed E-state index contributed by atoms with van der Waals surface area (Å²) in [5.41, 5.74) is 6.14. The summed E-state index contributed by atoms with van der Waals surface area (Å²) in [6.07, 6.45) is 1.69. The fourth-order valence-corrected chi connectivity index (χ4v) is 5.02. The van der Waals surface area contributed by atoms with Crippen molar-refractivity contribution in [1.29, 1.82) is 0 Å². The molecule has 5 heteroatoms. The first-order chi connectivity index (χ1) is 16.8. The lowest BCUT2D eigenvalue weighted by Crippen LogP contribution is -2.15. The minimum Gasteiger partial charge on any atom is -0.438 e. The molecule has 6 aromatic rings. The molecule has 0 fully saturated rings. The normalized spacial score (nSPS) is 14.6. The van der Waals surface area contributed by atoms with E-state index in [-0.39, 0.29) is 5.92 Å². The highest BCUT2D eigenvalue weighted by Gasteiger charge is 2.34. The number of hydrogen-bond acceptors (Lipinski definition) is 4. The van der Waals surface area contributed by atoms with E-state index in [0.29, 0.717) is 11.7 Å². The quantitative estimate of drug-likeness (QED) is 0.306. The minimum absolute atomic E-state index is 0.0869. The number of aryl methyl sites for hydroxylation is 1. The van der Waals surface area contributed by atoms with Crippen LogP contribution >= 0.6 is 0 Å². The van der Waals surface area contributed by atoms with Gasteiger partial charge < -0.3 is 4.74 Å². The molecule has 2 aromatic heterocycles. The Bertz CT molecular complexity index is 1700. The van der Waals surface area contributed by atoms with Crippen LogP contribution in [0.25, 0.3) is 27.8 Å². The minimum atomic E-state index is -0.0869. The summed E-state index contributed by atoms with van der Waals surface area (Å²) in [4.78, 5) is 9.69. The van der Waals surface area contributed by atoms with E-state index < -0.39 is 0 Å². The van der Waals surface area contributed by atoms with Crippen LogP contribution in [0.3, 0.4) is 0 Å². The van der Waals surface area contributed by atoms with Crippen molar-refractivity contribution in [1.82, 2.24) is 19.6 Å². The van der Waals surface area contributed by atoms with Gasteiger partial charge in [0, 0.05) is 17.0 Å². The summed E-state index contributed by atoms with van der Waals surface area (Å²) in [5.74, 6) is 2.00. The lowest BCUT2D eigenvalue weighted by atomic mass is 9.81. The van der Waals surface area contributed by atoms with Crippen LogP contribution in [0, 0.1) is 6.92 Å². The molecule has 5 nitrogen and oxygen atoms in total. The molecule has 0 spiro atoms. The number of benzene rings is 4. The van der Waals surface area contributed by atoms with E-state index in [0.717, 1.165) is 33.7 Å². The van der Waals surface area contributed by atoms with Gasteiger partial charge in [0.1, 0.15) is 12.1 Å². The van der Waals surface area contributed by atoms with E-state index in [4.69, 9.17) is 14.8 Å². The molecule has 0 saturated carbocycles. The molecule has 0 amide bonds. The average molecular weight is 441 g/mol. The first-order valence-corrected chi connectivity index (χ1v) is 11.3. The van der Waals surface area contributed by atoms with Crippen molar-refractivity contribution in [2.45, 2.75) is 12.8 Å². The predicted molar refractivity (Wildman–Crippen MR) is 132 cm³/mol. The molecule has 4 aromatic carbocycles. The third-order valence-electron chi connectivity index (χ3n) is 6.62. The highest BCUT2D eigenvalue weighted by atomic mass is 16.5. The SMILES string of the molecule is Cc1ccccc1-c1nc2c3c(ncn2n1)Oc1ccc2ccccc2c1C3c1ccccc1. The van der Waals surface area contributed by atoms with Crippen molar-refractivity contribution >= 4 is 16.4 Å². The van der Waals surface area contributed by atoms with Crippen molar-refractivity contribution in [3.63, 3.8) is 0 Å². The van der Waals surface area contributed by atoms with Crippen LogP contribution in [0.2, 0.25) is 0 Å². The van der Waals surface area contributed by atoms with Gasteiger partial charge in [0.25, 0.3) is 0 Å². The Kier molecular flexibility index (Phi) is 4.05. The van der Waals surface area contributed by atoms with E-state index in [1.807, 2.05) is 24.3 Å². The Morgan fingerprint density at radius 2 is 1.59 bits per heavy atom. The maximum absolute atomic E-state index is 6.39. The van der Waals surface area contributed by atoms with Crippen LogP contribution in [-0.2, 0) is 0 Å². The highest BCUT2D eigenvalue weighted by molar-refractivity contribution is 5.91. The molecular weight excluding hydrogens is 420 g/mol. The van der Waals surface area contributed by atoms with Gasteiger partial charge in [0.15, 0.2) is 11.5 Å². The Hall–Kier alpha value is -4.51. The van der Waals surface area contributed by atoms with E-state index in [1.54, 1.807) is 10.8 Å². The van der Waals surface area contributed by atoms with Gasteiger partial charge in [-0.1, -0.05) is 84.9 Å². The highest BCUT2D eigenvalue weighted by Crippen LogP contribution is 2.50. The van der Waals surface area contributed by atoms with E-state index in [1.165, 1.54) is 16.3 Å². The van der Waals surface area contributed by atoms with Crippen LogP contribution in [0.1, 0.15) is 28.2 Å². The molecule has 1 atom stereocenters. The van der Waals surface area contributed by atoms with Gasteiger partial charge in [-0.2, -0.15) is 0 Å². The fraction of sp³-hybridized carbons (Fsp3) is 0.0690. The van der Waals surface area contributed by atoms with Crippen molar-refractivity contribution in [3.05, 3.63) is 120 Å². The molecule has 1 aliphatic rings. The van der Waals surface area contributed by atoms with Crippen LogP contribution in [0.5, 0.6) is 11.6 Å². The summed E-state index contributed by atoms with van der Waals surface area (Å²) in [6, 6.07) is 31.3. The standard InChI is InChI=1S/C29H20N4O/c1-18-9-5-7-13-21(18)27-31-28-26-24(20-11-3-2-4-12-20)25-22-14-8-6-10-19(22)15-16-23(25)34-29(26)30-17-33(28)32-27/h2-17,24H,1H3. The van der Waals surface area contributed by atoms with Gasteiger partial charge in [-0.05, 0) is 34.9 Å². The fourth-order valence-electron chi connectivity index (χ4n) is 5.02. The van der Waals surface area contributed by atoms with E-state index in [9.17, 15) is 0 Å². The van der Waals surface area contributed by atoms with Gasteiger partial charge in [-0.25, -0.2) is 14.5 Å². The third kappa shape index (κ3) is 2.77. The van der Waals surface area contributed by atoms with Gasteiger partial charge in [0.05, 0.1) is 5.56 Å². The molecular formula is C29H20N4O. The summed E-state index contributed by atoms with van der Waals surface area (Å²) in [6.45, 7) is 2.08. The van der Waals surface area contributed by atoms with Gasteiger partial charge in [0.2, 0.25) is 5.88 Å². The molecule has 7 rings (SSSR count). The number of nitrogens with zero attached hydrogens (tertiary/aromatic N) is 4. The average Bonchev–Trinajstić information content (AvgIpc) is 3.32. The Labute approximate surface area is 196 Å². The van der Waals surface area contributed by atoms with Crippen molar-refractivity contribution in [2.24, 2.45) is 0 Å². The molecule has 0 N–H and O–H groups in total. The van der Waals surface area contributed by atoms with Crippen molar-refractivity contribution < 1.29 is 4.74 Å². The number of aromatic nitrogens is 4. The molecule has 1 aliphatic heterocycles.